The van der Waals surface area contributed by atoms with Gasteiger partial charge in [-0.05, 0) is 174 Å². The molecule has 0 saturated carbocycles. The van der Waals surface area contributed by atoms with Crippen molar-refractivity contribution >= 4 is 47.3 Å². The molecule has 8 aromatic rings. The first-order valence-electron chi connectivity index (χ1n) is 40.6. The van der Waals surface area contributed by atoms with Crippen LogP contribution < -0.4 is 35.5 Å². The van der Waals surface area contributed by atoms with E-state index in [0.29, 0.717) is 78.8 Å². The van der Waals surface area contributed by atoms with Gasteiger partial charge in [-0.1, -0.05) is 72.3 Å². The number of carboxylic acids is 1. The average molecular weight is 1810 g/mol. The first-order chi connectivity index (χ1) is 60.7. The zero-order valence-corrected chi connectivity index (χ0v) is 70.9. The lowest BCUT2D eigenvalue weighted by Crippen LogP contribution is -2.60. The first-order valence-corrected chi connectivity index (χ1v) is 40.9. The van der Waals surface area contributed by atoms with E-state index < -0.39 is 125 Å². The molecule has 11 atom stereocenters. The van der Waals surface area contributed by atoms with Crippen molar-refractivity contribution in [3.63, 3.8) is 0 Å². The van der Waals surface area contributed by atoms with E-state index >= 15 is 0 Å². The fourth-order valence-corrected chi connectivity index (χ4v) is 15.1. The second-order valence-electron chi connectivity index (χ2n) is 31.5. The Morgan fingerprint density at radius 3 is 2.08 bits per heavy atom. The molecular formula is C89H94ClF9N14O15. The average Bonchev–Trinajstić information content (AvgIpc) is 1.72. The van der Waals surface area contributed by atoms with Crippen molar-refractivity contribution in [1.82, 2.24) is 45.2 Å². The molecule has 3 aromatic heterocycles. The molecule has 0 radical (unpaired) electrons. The van der Waals surface area contributed by atoms with Gasteiger partial charge < -0.3 is 84.5 Å². The minimum absolute atomic E-state index is 0.0226. The number of likely N-dealkylation sites (tertiary alicyclic amines) is 1. The van der Waals surface area contributed by atoms with Crippen LogP contribution in [0.5, 0.6) is 17.4 Å². The van der Waals surface area contributed by atoms with E-state index in [0.717, 1.165) is 63.6 Å². The normalized spacial score (nSPS) is 20.6. The van der Waals surface area contributed by atoms with Gasteiger partial charge in [0.25, 0.3) is 5.91 Å². The van der Waals surface area contributed by atoms with Crippen LogP contribution in [0.2, 0.25) is 5.02 Å². The molecule has 0 unspecified atom stereocenters. The molecule has 8 N–H and O–H groups in total. The van der Waals surface area contributed by atoms with E-state index in [-0.39, 0.29) is 98.5 Å². The van der Waals surface area contributed by atoms with Crippen molar-refractivity contribution in [2.45, 2.75) is 189 Å². The molecule has 4 aliphatic heterocycles. The van der Waals surface area contributed by atoms with Crippen LogP contribution in [0, 0.1) is 51.4 Å². The molecule has 3 fully saturated rings. The Kier molecular flexibility index (Phi) is 33.1. The Morgan fingerprint density at radius 1 is 0.773 bits per heavy atom. The number of carboxylic acid groups (broad SMARTS) is 1. The summed E-state index contributed by atoms with van der Waals surface area (Å²) < 4.78 is 151. The molecule has 7 heterocycles. The fraction of sp³-hybridized carbons (Fsp3) is 0.416. The molecule has 680 valence electrons. The number of aromatic carboxylic acids is 1. The highest BCUT2D eigenvalue weighted by Crippen LogP contribution is 2.38. The van der Waals surface area contributed by atoms with Gasteiger partial charge in [0, 0.05) is 97.2 Å². The lowest BCUT2D eigenvalue weighted by molar-refractivity contribution is -0.278. The van der Waals surface area contributed by atoms with Crippen molar-refractivity contribution in [3.05, 3.63) is 236 Å². The fourth-order valence-electron chi connectivity index (χ4n) is 15.0. The Morgan fingerprint density at radius 2 is 1.45 bits per heavy atom. The second-order valence-corrected chi connectivity index (χ2v) is 31.9. The molecule has 128 heavy (non-hydrogen) atoms. The van der Waals surface area contributed by atoms with Crippen LogP contribution in [-0.4, -0.2) is 197 Å². The molecule has 13 rings (SSSR count). The molecule has 5 aliphatic rings. The Bertz CT molecular complexity index is 5340. The number of pyridine rings is 2. The number of piperidine rings is 1. The summed E-state index contributed by atoms with van der Waals surface area (Å²) in [5.74, 6) is -5.69. The second kappa shape index (κ2) is 43.3. The summed E-state index contributed by atoms with van der Waals surface area (Å²) >= 11 is 6.02. The van der Waals surface area contributed by atoms with Gasteiger partial charge in [-0.2, -0.15) is 42.1 Å². The van der Waals surface area contributed by atoms with E-state index in [2.05, 4.69) is 53.7 Å². The van der Waals surface area contributed by atoms with E-state index in [1.165, 1.54) is 35.9 Å². The highest BCUT2D eigenvalue weighted by molar-refractivity contribution is 6.30. The predicted octanol–water partition coefficient (Wildman–Crippen LogP) is 12.0. The summed E-state index contributed by atoms with van der Waals surface area (Å²) in [6.07, 6.45) is -9.45. The number of aliphatic hydroxyl groups excluding tert-OH is 3. The number of alkyl halides is 6. The number of nitrogens with zero attached hydrogens (tertiary/aromatic N) is 11. The number of aliphatic hydroxyl groups is 3. The van der Waals surface area contributed by atoms with Gasteiger partial charge in [0.15, 0.2) is 23.1 Å². The highest BCUT2D eigenvalue weighted by Gasteiger charge is 2.47. The SMILES string of the molecule is CC1(NCC(=O)N2[C@H](C#N)CC[C@@H]2C#N)CCN(c2cc(C(=O)O)ccn2)CC1.CCOC(=O)OC[C@H]1O[C@@H](Oc2ccccc2Cc2ccc(OC)cc2)[C@H](O)[C@@H](O)[C@@H]1O.C[C@H](NC(=O)C(C)(C)Oc1ccc(C(F)(F)F)cn1)[C@@H](Cc1ccc(Cl)cc1)c1cccc(C#N)c1.N[C@H]1CC(C(=O)N2CCn3c(nnc3C(F)(F)F)C2)=CC[C@@H]1c1cc(F)c(F)cc1F. The number of anilines is 1. The summed E-state index contributed by atoms with van der Waals surface area (Å²) in [6.45, 7) is 9.52. The Hall–Kier alpha value is -12.5. The van der Waals surface area contributed by atoms with Crippen LogP contribution in [0.3, 0.4) is 0 Å². The highest BCUT2D eigenvalue weighted by atomic mass is 35.5. The maximum Gasteiger partial charge on any atom is 0.508 e. The lowest BCUT2D eigenvalue weighted by Gasteiger charge is -2.41. The molecule has 39 heteroatoms. The molecule has 0 bridgehead atoms. The number of hydrogen-bond acceptors (Lipinski definition) is 24. The van der Waals surface area contributed by atoms with Crippen LogP contribution in [-0.2, 0) is 66.9 Å². The maximum absolute atomic E-state index is 14.1. The van der Waals surface area contributed by atoms with Gasteiger partial charge in [-0.15, -0.1) is 10.2 Å². The number of nitrogens with one attached hydrogen (secondary N) is 2. The summed E-state index contributed by atoms with van der Waals surface area (Å²) in [7, 11) is 1.60. The van der Waals surface area contributed by atoms with Gasteiger partial charge in [-0.25, -0.2) is 32.7 Å². The number of rotatable bonds is 23. The van der Waals surface area contributed by atoms with Crippen LogP contribution in [0.4, 0.5) is 50.1 Å². The number of para-hydroxylation sites is 1. The number of ether oxygens (including phenoxy) is 6. The van der Waals surface area contributed by atoms with Crippen molar-refractivity contribution in [1.29, 1.82) is 15.8 Å². The number of allylic oxidation sites excluding steroid dienone is 1. The summed E-state index contributed by atoms with van der Waals surface area (Å²) in [6, 6.07) is 39.8. The minimum Gasteiger partial charge on any atom is -0.497 e. The van der Waals surface area contributed by atoms with E-state index in [9.17, 15) is 94.6 Å². The third-order valence-electron chi connectivity index (χ3n) is 22.2. The molecular weight excluding hydrogens is 1710 g/mol. The third-order valence-corrected chi connectivity index (χ3v) is 22.5. The summed E-state index contributed by atoms with van der Waals surface area (Å²) in [4.78, 5) is 74.0. The first kappa shape index (κ1) is 97.7. The van der Waals surface area contributed by atoms with Crippen molar-refractivity contribution < 1.29 is 112 Å². The van der Waals surface area contributed by atoms with Crippen molar-refractivity contribution in [2.75, 3.05) is 51.4 Å². The van der Waals surface area contributed by atoms with Crippen molar-refractivity contribution in [2.24, 2.45) is 5.73 Å². The van der Waals surface area contributed by atoms with Gasteiger partial charge in [0.05, 0.1) is 61.7 Å². The number of hydrogen-bond donors (Lipinski definition) is 7. The topological polar surface area (TPSA) is 409 Å². The van der Waals surface area contributed by atoms with Gasteiger partial charge >= 0.3 is 24.5 Å². The van der Waals surface area contributed by atoms with Gasteiger partial charge in [0.2, 0.25) is 29.8 Å². The predicted molar refractivity (Wildman–Crippen MR) is 442 cm³/mol. The van der Waals surface area contributed by atoms with Crippen LogP contribution in [0.25, 0.3) is 0 Å². The molecule has 3 saturated heterocycles. The number of halogens is 10. The zero-order valence-electron chi connectivity index (χ0n) is 70.2. The monoisotopic (exact) mass is 1800 g/mol. The molecule has 3 amide bonds. The molecule has 29 nitrogen and oxygen atoms in total. The number of fused-ring (bicyclic) bond motifs is 1. The summed E-state index contributed by atoms with van der Waals surface area (Å²) in [5, 5.41) is 81.4. The lowest BCUT2D eigenvalue weighted by atomic mass is 9.80. The Labute approximate surface area is 735 Å². The quantitative estimate of drug-likeness (QED) is 0.0178. The zero-order chi connectivity index (χ0) is 93.1. The Balaban J connectivity index is 0.000000178. The third kappa shape index (κ3) is 25.5. The number of aromatic nitrogens is 5. The maximum atomic E-state index is 14.1. The molecule has 5 aromatic carbocycles. The minimum atomic E-state index is -4.64. The number of carbonyl (C=O) groups excluding carboxylic acids is 4. The van der Waals surface area contributed by atoms with Crippen molar-refractivity contribution in [3.8, 4) is 35.6 Å². The summed E-state index contributed by atoms with van der Waals surface area (Å²) in [5.41, 5.74) is 8.21. The van der Waals surface area contributed by atoms with E-state index in [1.807, 2.05) is 73.3 Å². The molecule has 1 aliphatic carbocycles. The molecule has 0 spiro atoms. The number of carbonyl (C=O) groups is 5. The number of nitrogens with two attached hydrogens (primary N) is 1. The number of nitriles is 3. The van der Waals surface area contributed by atoms with Gasteiger partial charge in [-0.3, -0.25) is 14.4 Å². The van der Waals surface area contributed by atoms with Gasteiger partial charge in [0.1, 0.15) is 66.2 Å². The number of amides is 3. The van der Waals surface area contributed by atoms with Crippen LogP contribution in [0.15, 0.2) is 158 Å². The van der Waals surface area contributed by atoms with E-state index in [4.69, 9.17) is 46.1 Å². The number of benzene rings is 5. The smallest absolute Gasteiger partial charge is 0.497 e. The standard InChI is InChI=1S/C27H25ClF3N3O2.C23H28O9.C20H24N6O3.C19H17F6N5O/c1-17(34-25(35)26(2,3)36-24-12-9-21(16-33-24)27(29,30)31)23(14-18-7-10-22(28)11-8-18)20-6-4-5-19(13-20)15-32;1-3-29-23(27)30-13-18-19(24)20(25)21(26)22(32-18)31-17-7-5-4-6-15(17)12-14-8-10-16(28-2)11-9-14;1-20(24-13-18(27)26-15(11-21)2-3-16(26)12-22)5-8-25(9-6-20)17-10-14(19(28)29)4-7-23-17;20-12-7-14(22)13(21)6-11(12)10-2-1-9(5-15(10)26)17(31)29-3-4-30-16(8-29)27-28-18(30)19(23,24)25/h4-13,16-17,23H,14H2,1-3H3,(H,34,35);4-11,18-22,24-26H,3,12-13H2,1-2H3;4,7,10,15-16,24H,2-3,5-6,8-9,13H2,1H3,(H,28,29);1,6-7,10,15H,2-5,8,26H2/t17-,23+;18-,19-,20+,21-,22-;15-,16+;10-,15+/m01.1/s1. The number of methoxy groups -OCH3 is 1. The van der Waals surface area contributed by atoms with Crippen LogP contribution in [0.1, 0.15) is 146 Å². The van der Waals surface area contributed by atoms with Crippen LogP contribution >= 0.6 is 11.6 Å². The largest absolute Gasteiger partial charge is 0.508 e. The van der Waals surface area contributed by atoms with E-state index in [1.54, 1.807) is 68.6 Å².